The van der Waals surface area contributed by atoms with Crippen molar-refractivity contribution in [1.82, 2.24) is 0 Å². The normalized spacial score (nSPS) is 8.69. The van der Waals surface area contributed by atoms with Crippen molar-refractivity contribution in [2.45, 2.75) is 0 Å². The van der Waals surface area contributed by atoms with Crippen LogP contribution in [-0.2, 0) is 4.79 Å². The maximum atomic E-state index is 10.1. The van der Waals surface area contributed by atoms with E-state index in [2.05, 4.69) is 22.6 Å². The number of carbonyl (C=O) groups is 1. The van der Waals surface area contributed by atoms with Gasteiger partial charge in [-0.1, -0.05) is 0 Å². The average Bonchev–Trinajstić information content (AvgIpc) is 2.03. The number of carboxylic acid groups (broad SMARTS) is 1. The predicted octanol–water partition coefficient (Wildman–Crippen LogP) is 1.11. The van der Waals surface area contributed by atoms with Gasteiger partial charge in [0.1, 0.15) is 5.75 Å². The zero-order chi connectivity index (χ0) is 8.97. The Bertz CT molecular complexity index is 273. The van der Waals surface area contributed by atoms with Crippen LogP contribution in [0.4, 0.5) is 0 Å². The summed E-state index contributed by atoms with van der Waals surface area (Å²) in [5, 5.41) is 8.30. The Hall–Kier alpha value is 0.220. The van der Waals surface area contributed by atoms with Gasteiger partial charge in [0.05, 0.1) is 0 Å². The SMILES string of the molecule is O=C(O)COc1ccc(I)cc1.[NaH]. The maximum absolute atomic E-state index is 10.1. The molecule has 0 fully saturated rings. The monoisotopic (exact) mass is 302 g/mol. The van der Waals surface area contributed by atoms with Gasteiger partial charge in [0, 0.05) is 3.57 Å². The van der Waals surface area contributed by atoms with Gasteiger partial charge >= 0.3 is 35.5 Å². The summed E-state index contributed by atoms with van der Waals surface area (Å²) in [5.41, 5.74) is 0. The zero-order valence-electron chi connectivity index (χ0n) is 6.16. The molecule has 5 heteroatoms. The molecule has 0 aliphatic rings. The van der Waals surface area contributed by atoms with Gasteiger partial charge < -0.3 is 9.84 Å². The van der Waals surface area contributed by atoms with Crippen LogP contribution in [0.2, 0.25) is 0 Å². The third-order valence-electron chi connectivity index (χ3n) is 1.18. The number of benzene rings is 1. The van der Waals surface area contributed by atoms with Gasteiger partial charge in [0.25, 0.3) is 0 Å². The van der Waals surface area contributed by atoms with E-state index in [1.54, 1.807) is 12.1 Å². The fourth-order valence-electron chi connectivity index (χ4n) is 0.676. The molecule has 3 nitrogen and oxygen atoms in total. The van der Waals surface area contributed by atoms with Crippen molar-refractivity contribution in [2.24, 2.45) is 0 Å². The number of aliphatic carboxylic acids is 1. The van der Waals surface area contributed by atoms with Gasteiger partial charge in [-0.05, 0) is 46.9 Å². The Balaban J connectivity index is 0.00000144. The third-order valence-corrected chi connectivity index (χ3v) is 1.90. The third kappa shape index (κ3) is 5.51. The van der Waals surface area contributed by atoms with E-state index in [1.165, 1.54) is 0 Å². The molecule has 0 atom stereocenters. The number of hydrogen-bond donors (Lipinski definition) is 1. The van der Waals surface area contributed by atoms with Crippen LogP contribution in [0.5, 0.6) is 5.75 Å². The summed E-state index contributed by atoms with van der Waals surface area (Å²) in [4.78, 5) is 10.1. The number of carboxylic acids is 1. The minimum atomic E-state index is -0.964. The second kappa shape index (κ2) is 6.64. The molecule has 0 aromatic heterocycles. The number of halogens is 1. The van der Waals surface area contributed by atoms with Crippen molar-refractivity contribution < 1.29 is 14.6 Å². The summed E-state index contributed by atoms with van der Waals surface area (Å²) >= 11 is 2.17. The molecule has 0 saturated heterocycles. The van der Waals surface area contributed by atoms with E-state index in [0.717, 1.165) is 3.57 Å². The van der Waals surface area contributed by atoms with Crippen molar-refractivity contribution >= 4 is 58.1 Å². The van der Waals surface area contributed by atoms with Crippen LogP contribution in [0, 0.1) is 3.57 Å². The molecule has 66 valence electrons. The molecule has 0 aliphatic heterocycles. The van der Waals surface area contributed by atoms with E-state index >= 15 is 0 Å². The van der Waals surface area contributed by atoms with Crippen LogP contribution in [0.25, 0.3) is 0 Å². The fourth-order valence-corrected chi connectivity index (χ4v) is 1.04. The molecule has 0 spiro atoms. The molecule has 0 bridgehead atoms. The Kier molecular flexibility index (Phi) is 6.75. The fraction of sp³-hybridized carbons (Fsp3) is 0.125. The van der Waals surface area contributed by atoms with Crippen molar-refractivity contribution in [3.63, 3.8) is 0 Å². The predicted molar refractivity (Wildman–Crippen MR) is 59.4 cm³/mol. The van der Waals surface area contributed by atoms with E-state index < -0.39 is 5.97 Å². The van der Waals surface area contributed by atoms with Crippen LogP contribution in [0.15, 0.2) is 24.3 Å². The molecule has 1 N–H and O–H groups in total. The van der Waals surface area contributed by atoms with E-state index in [1.807, 2.05) is 12.1 Å². The topological polar surface area (TPSA) is 46.5 Å². The second-order valence-corrected chi connectivity index (χ2v) is 3.38. The molecular formula is C8H8INaO3. The summed E-state index contributed by atoms with van der Waals surface area (Å²) in [7, 11) is 0. The van der Waals surface area contributed by atoms with Gasteiger partial charge in [0.2, 0.25) is 0 Å². The van der Waals surface area contributed by atoms with Crippen molar-refractivity contribution in [3.8, 4) is 5.75 Å². The molecule has 0 saturated carbocycles. The molecular weight excluding hydrogens is 294 g/mol. The van der Waals surface area contributed by atoms with Crippen LogP contribution < -0.4 is 4.74 Å². The molecule has 13 heavy (non-hydrogen) atoms. The zero-order valence-corrected chi connectivity index (χ0v) is 8.32. The van der Waals surface area contributed by atoms with Gasteiger partial charge in [0.15, 0.2) is 6.61 Å². The number of ether oxygens (including phenoxy) is 1. The Morgan fingerprint density at radius 3 is 2.38 bits per heavy atom. The van der Waals surface area contributed by atoms with E-state index in [9.17, 15) is 4.79 Å². The van der Waals surface area contributed by atoms with Crippen molar-refractivity contribution in [1.29, 1.82) is 0 Å². The second-order valence-electron chi connectivity index (χ2n) is 2.14. The van der Waals surface area contributed by atoms with Crippen LogP contribution in [-0.4, -0.2) is 47.2 Å². The van der Waals surface area contributed by atoms with E-state index in [4.69, 9.17) is 9.84 Å². The first-order valence-electron chi connectivity index (χ1n) is 3.28. The molecule has 0 radical (unpaired) electrons. The van der Waals surface area contributed by atoms with Crippen LogP contribution in [0.1, 0.15) is 0 Å². The number of rotatable bonds is 3. The van der Waals surface area contributed by atoms with Gasteiger partial charge in [-0.15, -0.1) is 0 Å². The quantitative estimate of drug-likeness (QED) is 0.672. The summed E-state index contributed by atoms with van der Waals surface area (Å²) in [6.07, 6.45) is 0. The Morgan fingerprint density at radius 1 is 1.38 bits per heavy atom. The summed E-state index contributed by atoms with van der Waals surface area (Å²) in [5.74, 6) is -0.383. The van der Waals surface area contributed by atoms with Crippen molar-refractivity contribution in [3.05, 3.63) is 27.8 Å². The van der Waals surface area contributed by atoms with E-state index in [-0.39, 0.29) is 36.2 Å². The first-order valence-corrected chi connectivity index (χ1v) is 4.36. The average molecular weight is 302 g/mol. The molecule has 0 amide bonds. The molecule has 1 rings (SSSR count). The molecule has 1 aromatic carbocycles. The van der Waals surface area contributed by atoms with Gasteiger partial charge in [-0.2, -0.15) is 0 Å². The minimum absolute atomic E-state index is 0. The van der Waals surface area contributed by atoms with E-state index in [0.29, 0.717) is 5.75 Å². The van der Waals surface area contributed by atoms with Crippen LogP contribution in [0.3, 0.4) is 0 Å². The standard InChI is InChI=1S/C8H7IO3.Na.H/c9-6-1-3-7(4-2-6)12-5-8(10)11;;/h1-4H,5H2,(H,10,11);;. The van der Waals surface area contributed by atoms with Gasteiger partial charge in [-0.25, -0.2) is 4.79 Å². The number of hydrogen-bond acceptors (Lipinski definition) is 2. The molecule has 1 aromatic rings. The first-order chi connectivity index (χ1) is 5.68. The van der Waals surface area contributed by atoms with Crippen molar-refractivity contribution in [2.75, 3.05) is 6.61 Å². The first kappa shape index (κ1) is 13.2. The molecule has 0 aliphatic carbocycles. The Labute approximate surface area is 112 Å². The summed E-state index contributed by atoms with van der Waals surface area (Å²) in [6, 6.07) is 7.20. The summed E-state index contributed by atoms with van der Waals surface area (Å²) in [6.45, 7) is -0.291. The molecule has 0 heterocycles. The van der Waals surface area contributed by atoms with Crippen LogP contribution >= 0.6 is 22.6 Å². The molecule has 0 unspecified atom stereocenters. The summed E-state index contributed by atoms with van der Waals surface area (Å²) < 4.78 is 6.01. The Morgan fingerprint density at radius 2 is 1.92 bits per heavy atom. The van der Waals surface area contributed by atoms with Gasteiger partial charge in [-0.3, -0.25) is 0 Å².